The monoisotopic (exact) mass is 368 g/mol. The molecule has 0 rings (SSSR count). The van der Waals surface area contributed by atoms with Gasteiger partial charge in [0.2, 0.25) is 0 Å². The molecule has 8 nitrogen and oxygen atoms in total. The van der Waals surface area contributed by atoms with Gasteiger partial charge in [0.15, 0.2) is 0 Å². The van der Waals surface area contributed by atoms with Crippen molar-refractivity contribution < 1.29 is 40.2 Å². The van der Waals surface area contributed by atoms with E-state index in [1.165, 1.54) is 19.3 Å². The molecule has 0 spiro atoms. The summed E-state index contributed by atoms with van der Waals surface area (Å²) >= 11 is 0. The van der Waals surface area contributed by atoms with Gasteiger partial charge in [-0.25, -0.2) is 0 Å². The summed E-state index contributed by atoms with van der Waals surface area (Å²) in [6.07, 6.45) is 6.91. The van der Waals surface area contributed by atoms with Crippen molar-refractivity contribution in [3.8, 4) is 0 Å². The Bertz CT molecular complexity index is 286. The van der Waals surface area contributed by atoms with Gasteiger partial charge < -0.3 is 30.6 Å². The number of hydrogen-bond acceptors (Lipinski definition) is 6. The van der Waals surface area contributed by atoms with Gasteiger partial charge in [0, 0.05) is 12.8 Å². The Morgan fingerprint density at radius 3 is 1.24 bits per heavy atom. The standard InChI is InChI=1S/C8H16O2.C5H12O4.C4H8O2/c1-2-3-4-5-6-7-8(9)10;6-1-5(2-7,3-8)4-9;1-2-3-4(5)6/h2-7H2,1H3,(H,9,10);6-9H,1-4H2;2-3H2,1H3,(H,5,6). The molecule has 0 saturated heterocycles. The van der Waals surface area contributed by atoms with Gasteiger partial charge in [-0.2, -0.15) is 0 Å². The lowest BCUT2D eigenvalue weighted by Gasteiger charge is -2.23. The zero-order chi connectivity index (χ0) is 20.1. The predicted octanol–water partition coefficient (Wildman–Crippen LogP) is 1.24. The summed E-state index contributed by atoms with van der Waals surface area (Å²) < 4.78 is 0. The highest BCUT2D eigenvalue weighted by Gasteiger charge is 2.26. The van der Waals surface area contributed by atoms with Crippen molar-refractivity contribution in [1.82, 2.24) is 0 Å². The maximum absolute atomic E-state index is 10.0. The van der Waals surface area contributed by atoms with Gasteiger partial charge in [0.25, 0.3) is 0 Å². The predicted molar refractivity (Wildman–Crippen MR) is 94.3 cm³/mol. The van der Waals surface area contributed by atoms with E-state index in [2.05, 4.69) is 6.92 Å². The second kappa shape index (κ2) is 20.8. The number of unbranched alkanes of at least 4 members (excludes halogenated alkanes) is 4. The molecule has 0 aliphatic carbocycles. The van der Waals surface area contributed by atoms with Crippen LogP contribution in [0.3, 0.4) is 0 Å². The number of carboxylic acids is 2. The van der Waals surface area contributed by atoms with Crippen molar-refractivity contribution in [3.05, 3.63) is 0 Å². The van der Waals surface area contributed by atoms with Crippen molar-refractivity contribution in [1.29, 1.82) is 0 Å². The minimum absolute atomic E-state index is 0.292. The molecule has 0 saturated carbocycles. The van der Waals surface area contributed by atoms with Crippen LogP contribution in [-0.4, -0.2) is 69.0 Å². The number of rotatable bonds is 12. The molecule has 0 atom stereocenters. The van der Waals surface area contributed by atoms with E-state index in [0.29, 0.717) is 12.8 Å². The Morgan fingerprint density at radius 1 is 0.640 bits per heavy atom. The normalized spacial score (nSPS) is 10.2. The highest BCUT2D eigenvalue weighted by Crippen LogP contribution is 2.11. The minimum Gasteiger partial charge on any atom is -0.481 e. The van der Waals surface area contributed by atoms with E-state index in [-0.39, 0.29) is 0 Å². The quantitative estimate of drug-likeness (QED) is 0.281. The van der Waals surface area contributed by atoms with Crippen LogP contribution in [0.4, 0.5) is 0 Å². The first-order valence-electron chi connectivity index (χ1n) is 8.66. The average molecular weight is 368 g/mol. The summed E-state index contributed by atoms with van der Waals surface area (Å²) in [5.41, 5.74) is -1.11. The number of carbonyl (C=O) groups is 2. The number of aliphatic hydroxyl groups is 4. The smallest absolute Gasteiger partial charge is 0.303 e. The van der Waals surface area contributed by atoms with Gasteiger partial charge in [-0.1, -0.05) is 39.5 Å². The highest BCUT2D eigenvalue weighted by atomic mass is 16.4. The fourth-order valence-electron chi connectivity index (χ4n) is 1.39. The van der Waals surface area contributed by atoms with Gasteiger partial charge >= 0.3 is 11.9 Å². The van der Waals surface area contributed by atoms with E-state index in [4.69, 9.17) is 30.6 Å². The second-order valence-corrected chi connectivity index (χ2v) is 5.83. The third kappa shape index (κ3) is 22.8. The van der Waals surface area contributed by atoms with Crippen LogP contribution in [0.5, 0.6) is 0 Å². The van der Waals surface area contributed by atoms with E-state index in [1.807, 2.05) is 6.92 Å². The molecule has 152 valence electrons. The second-order valence-electron chi connectivity index (χ2n) is 5.83. The van der Waals surface area contributed by atoms with Gasteiger partial charge in [-0.05, 0) is 12.8 Å². The van der Waals surface area contributed by atoms with Gasteiger partial charge in [-0.3, -0.25) is 9.59 Å². The summed E-state index contributed by atoms with van der Waals surface area (Å²) in [7, 11) is 0. The van der Waals surface area contributed by atoms with Crippen molar-refractivity contribution in [2.75, 3.05) is 26.4 Å². The van der Waals surface area contributed by atoms with E-state index in [1.54, 1.807) is 0 Å². The minimum atomic E-state index is -1.11. The molecule has 0 radical (unpaired) electrons. The van der Waals surface area contributed by atoms with E-state index < -0.39 is 43.8 Å². The molecule has 8 heteroatoms. The summed E-state index contributed by atoms with van der Waals surface area (Å²) in [5.74, 6) is -1.38. The maximum Gasteiger partial charge on any atom is 0.303 e. The molecule has 0 bridgehead atoms. The number of hydrogen-bond donors (Lipinski definition) is 6. The first-order chi connectivity index (χ1) is 11.8. The molecule has 0 aromatic carbocycles. The van der Waals surface area contributed by atoms with Gasteiger partial charge in [0.05, 0.1) is 31.8 Å². The SMILES string of the molecule is CCCC(=O)O.CCCCCCCC(=O)O.OCC(CO)(CO)CO. The third-order valence-corrected chi connectivity index (χ3v) is 3.30. The summed E-state index contributed by atoms with van der Waals surface area (Å²) in [5, 5.41) is 50.2. The van der Waals surface area contributed by atoms with Crippen LogP contribution in [0.2, 0.25) is 0 Å². The molecule has 0 aromatic heterocycles. The zero-order valence-electron chi connectivity index (χ0n) is 15.5. The van der Waals surface area contributed by atoms with Crippen LogP contribution < -0.4 is 0 Å². The lowest BCUT2D eigenvalue weighted by Crippen LogP contribution is -2.37. The van der Waals surface area contributed by atoms with Crippen molar-refractivity contribution >= 4 is 11.9 Å². The van der Waals surface area contributed by atoms with Crippen molar-refractivity contribution in [2.24, 2.45) is 5.41 Å². The molecule has 0 aromatic rings. The van der Waals surface area contributed by atoms with Crippen molar-refractivity contribution in [3.63, 3.8) is 0 Å². The summed E-state index contributed by atoms with van der Waals surface area (Å²) in [6, 6.07) is 0. The maximum atomic E-state index is 10.0. The Hall–Kier alpha value is -1.22. The molecule has 0 aliphatic heterocycles. The first-order valence-corrected chi connectivity index (χ1v) is 8.66. The van der Waals surface area contributed by atoms with Crippen LogP contribution in [0, 0.1) is 5.41 Å². The van der Waals surface area contributed by atoms with Crippen molar-refractivity contribution in [2.45, 2.75) is 65.2 Å². The van der Waals surface area contributed by atoms with Gasteiger partial charge in [-0.15, -0.1) is 0 Å². The molecule has 0 heterocycles. The highest BCUT2D eigenvalue weighted by molar-refractivity contribution is 5.66. The molecule has 25 heavy (non-hydrogen) atoms. The van der Waals surface area contributed by atoms with Crippen LogP contribution >= 0.6 is 0 Å². The Labute approximate surface area is 150 Å². The lowest BCUT2D eigenvalue weighted by molar-refractivity contribution is -0.138. The number of aliphatic hydroxyl groups excluding tert-OH is 4. The Morgan fingerprint density at radius 2 is 1.04 bits per heavy atom. The molecular weight excluding hydrogens is 332 g/mol. The van der Waals surface area contributed by atoms with E-state index >= 15 is 0 Å². The van der Waals surface area contributed by atoms with Crippen LogP contribution in [0.25, 0.3) is 0 Å². The zero-order valence-corrected chi connectivity index (χ0v) is 15.5. The fraction of sp³-hybridized carbons (Fsp3) is 0.882. The number of aliphatic carboxylic acids is 2. The molecule has 0 unspecified atom stereocenters. The topological polar surface area (TPSA) is 156 Å². The van der Waals surface area contributed by atoms with E-state index in [9.17, 15) is 9.59 Å². The Kier molecular flexibility index (Phi) is 23.8. The molecular formula is C17H36O8. The third-order valence-electron chi connectivity index (χ3n) is 3.30. The molecule has 0 fully saturated rings. The molecule has 6 N–H and O–H groups in total. The summed E-state index contributed by atoms with van der Waals surface area (Å²) in [6.45, 7) is 2.37. The van der Waals surface area contributed by atoms with Crippen LogP contribution in [-0.2, 0) is 9.59 Å². The largest absolute Gasteiger partial charge is 0.481 e. The fourth-order valence-corrected chi connectivity index (χ4v) is 1.39. The van der Waals surface area contributed by atoms with Crippen LogP contribution in [0.1, 0.15) is 65.2 Å². The number of carboxylic acid groups (broad SMARTS) is 2. The average Bonchev–Trinajstić information content (AvgIpc) is 2.58. The first kappa shape index (κ1) is 28.6. The molecule has 0 aliphatic rings. The molecule has 0 amide bonds. The lowest BCUT2D eigenvalue weighted by atomic mass is 9.93. The summed E-state index contributed by atoms with van der Waals surface area (Å²) in [4.78, 5) is 19.6. The van der Waals surface area contributed by atoms with Gasteiger partial charge in [0.1, 0.15) is 0 Å². The van der Waals surface area contributed by atoms with E-state index in [0.717, 1.165) is 19.3 Å². The van der Waals surface area contributed by atoms with Crippen LogP contribution in [0.15, 0.2) is 0 Å². The Balaban J connectivity index is -0.000000300.